The molecule has 0 radical (unpaired) electrons. The minimum Gasteiger partial charge on any atom is -0.508 e. The number of benzene rings is 2. The minimum atomic E-state index is 0.239. The van der Waals surface area contributed by atoms with Crippen LogP contribution in [-0.4, -0.2) is 10.2 Å². The molecule has 0 unspecified atom stereocenters. The predicted molar refractivity (Wildman–Crippen MR) is 83.6 cm³/mol. The van der Waals surface area contributed by atoms with Crippen LogP contribution in [0.25, 0.3) is 22.3 Å². The fourth-order valence-electron chi connectivity index (χ4n) is 2.58. The van der Waals surface area contributed by atoms with Gasteiger partial charge >= 0.3 is 0 Å². The van der Waals surface area contributed by atoms with Crippen LogP contribution in [0.2, 0.25) is 0 Å². The summed E-state index contributed by atoms with van der Waals surface area (Å²) in [6.45, 7) is 2.15. The highest BCUT2D eigenvalue weighted by Gasteiger charge is 2.16. The van der Waals surface area contributed by atoms with Gasteiger partial charge in [0, 0.05) is 16.5 Å². The summed E-state index contributed by atoms with van der Waals surface area (Å²) < 4.78 is 5.98. The zero-order chi connectivity index (χ0) is 14.8. The molecule has 0 saturated carbocycles. The van der Waals surface area contributed by atoms with Crippen molar-refractivity contribution >= 4 is 11.0 Å². The Bertz CT molecular complexity index is 754. The SMILES string of the molecule is CCCCc1c(-c2ccc(O)cc2)oc2ccc(O)cc12. The van der Waals surface area contributed by atoms with Crippen molar-refractivity contribution in [1.29, 1.82) is 0 Å². The van der Waals surface area contributed by atoms with Crippen LogP contribution in [0.1, 0.15) is 25.3 Å². The molecule has 0 aliphatic rings. The van der Waals surface area contributed by atoms with Crippen LogP contribution in [0.4, 0.5) is 0 Å². The molecule has 21 heavy (non-hydrogen) atoms. The second kappa shape index (κ2) is 5.52. The summed E-state index contributed by atoms with van der Waals surface area (Å²) in [6.07, 6.45) is 3.07. The first kappa shape index (κ1) is 13.6. The number of rotatable bonds is 4. The van der Waals surface area contributed by atoms with Gasteiger partial charge in [-0.15, -0.1) is 0 Å². The molecule has 0 atom stereocenters. The zero-order valence-corrected chi connectivity index (χ0v) is 12.0. The van der Waals surface area contributed by atoms with Crippen molar-refractivity contribution in [3.05, 3.63) is 48.0 Å². The number of phenolic OH excluding ortho intramolecular Hbond substituents is 2. The summed E-state index contributed by atoms with van der Waals surface area (Å²) in [4.78, 5) is 0. The molecule has 0 amide bonds. The van der Waals surface area contributed by atoms with E-state index in [-0.39, 0.29) is 11.5 Å². The Morgan fingerprint density at radius 3 is 2.38 bits per heavy atom. The second-order valence-electron chi connectivity index (χ2n) is 5.24. The van der Waals surface area contributed by atoms with Crippen molar-refractivity contribution in [2.75, 3.05) is 0 Å². The van der Waals surface area contributed by atoms with Crippen molar-refractivity contribution in [1.82, 2.24) is 0 Å². The van der Waals surface area contributed by atoms with Gasteiger partial charge in [-0.25, -0.2) is 0 Å². The Labute approximate surface area is 123 Å². The van der Waals surface area contributed by atoms with E-state index in [0.29, 0.717) is 0 Å². The third-order valence-corrected chi connectivity index (χ3v) is 3.68. The van der Waals surface area contributed by atoms with Gasteiger partial charge in [0.15, 0.2) is 0 Å². The third kappa shape index (κ3) is 2.59. The van der Waals surface area contributed by atoms with E-state index in [0.717, 1.165) is 47.1 Å². The van der Waals surface area contributed by atoms with E-state index in [1.807, 2.05) is 12.1 Å². The summed E-state index contributed by atoms with van der Waals surface area (Å²) in [7, 11) is 0. The van der Waals surface area contributed by atoms with Crippen molar-refractivity contribution in [3.63, 3.8) is 0 Å². The molecule has 3 rings (SSSR count). The number of aromatic hydroxyl groups is 2. The molecule has 1 heterocycles. The Morgan fingerprint density at radius 2 is 1.67 bits per heavy atom. The van der Waals surface area contributed by atoms with E-state index in [4.69, 9.17) is 4.42 Å². The number of hydrogen-bond acceptors (Lipinski definition) is 3. The van der Waals surface area contributed by atoms with Crippen molar-refractivity contribution < 1.29 is 14.6 Å². The average Bonchev–Trinajstić information content (AvgIpc) is 2.83. The smallest absolute Gasteiger partial charge is 0.138 e. The van der Waals surface area contributed by atoms with Gasteiger partial charge in [-0.3, -0.25) is 0 Å². The molecular formula is C18H18O3. The number of phenols is 2. The van der Waals surface area contributed by atoms with Crippen LogP contribution in [0, 0.1) is 0 Å². The highest BCUT2D eigenvalue weighted by atomic mass is 16.3. The van der Waals surface area contributed by atoms with Gasteiger partial charge in [0.25, 0.3) is 0 Å². The molecule has 3 heteroatoms. The average molecular weight is 282 g/mol. The number of furan rings is 1. The molecular weight excluding hydrogens is 264 g/mol. The van der Waals surface area contributed by atoms with Crippen LogP contribution in [0.3, 0.4) is 0 Å². The first-order valence-corrected chi connectivity index (χ1v) is 7.23. The Balaban J connectivity index is 2.18. The molecule has 0 aliphatic heterocycles. The first-order valence-electron chi connectivity index (χ1n) is 7.23. The van der Waals surface area contributed by atoms with Crippen LogP contribution < -0.4 is 0 Å². The van der Waals surface area contributed by atoms with Crippen molar-refractivity contribution in [3.8, 4) is 22.8 Å². The highest BCUT2D eigenvalue weighted by Crippen LogP contribution is 2.36. The van der Waals surface area contributed by atoms with Gasteiger partial charge in [0.1, 0.15) is 22.8 Å². The maximum atomic E-state index is 9.72. The molecule has 0 aliphatic carbocycles. The van der Waals surface area contributed by atoms with Gasteiger partial charge < -0.3 is 14.6 Å². The van der Waals surface area contributed by atoms with Crippen LogP contribution in [0.15, 0.2) is 46.9 Å². The summed E-state index contributed by atoms with van der Waals surface area (Å²) in [5.74, 6) is 1.31. The molecule has 0 fully saturated rings. The molecule has 0 saturated heterocycles. The van der Waals surface area contributed by atoms with Gasteiger partial charge in [0.05, 0.1) is 0 Å². The molecule has 3 aromatic rings. The quantitative estimate of drug-likeness (QED) is 0.719. The molecule has 2 aromatic carbocycles. The molecule has 108 valence electrons. The largest absolute Gasteiger partial charge is 0.508 e. The number of unbranched alkanes of at least 4 members (excludes halogenated alkanes) is 1. The first-order chi connectivity index (χ1) is 10.2. The van der Waals surface area contributed by atoms with Gasteiger partial charge in [-0.1, -0.05) is 13.3 Å². The number of aryl methyl sites for hydroxylation is 1. The lowest BCUT2D eigenvalue weighted by Gasteiger charge is -2.03. The third-order valence-electron chi connectivity index (χ3n) is 3.68. The fourth-order valence-corrected chi connectivity index (χ4v) is 2.58. The second-order valence-corrected chi connectivity index (χ2v) is 5.24. The minimum absolute atomic E-state index is 0.239. The zero-order valence-electron chi connectivity index (χ0n) is 12.0. The van der Waals surface area contributed by atoms with E-state index in [9.17, 15) is 10.2 Å². The lowest BCUT2D eigenvalue weighted by Crippen LogP contribution is -1.86. The Hall–Kier alpha value is -2.42. The van der Waals surface area contributed by atoms with Gasteiger partial charge in [0.2, 0.25) is 0 Å². The van der Waals surface area contributed by atoms with Crippen molar-refractivity contribution in [2.24, 2.45) is 0 Å². The maximum Gasteiger partial charge on any atom is 0.138 e. The fraction of sp³-hybridized carbons (Fsp3) is 0.222. The molecule has 0 bridgehead atoms. The van der Waals surface area contributed by atoms with Crippen molar-refractivity contribution in [2.45, 2.75) is 26.2 Å². The predicted octanol–water partition coefficient (Wildman–Crippen LogP) is 4.85. The normalized spacial score (nSPS) is 11.1. The molecule has 1 aromatic heterocycles. The molecule has 0 spiro atoms. The Kier molecular flexibility index (Phi) is 3.57. The van der Waals surface area contributed by atoms with Crippen LogP contribution in [0.5, 0.6) is 11.5 Å². The summed E-state index contributed by atoms with van der Waals surface area (Å²) in [6, 6.07) is 12.2. The van der Waals surface area contributed by atoms with E-state index >= 15 is 0 Å². The van der Waals surface area contributed by atoms with Crippen LogP contribution >= 0.6 is 0 Å². The van der Waals surface area contributed by atoms with Gasteiger partial charge in [-0.05, 0) is 55.3 Å². The number of fused-ring (bicyclic) bond motifs is 1. The van der Waals surface area contributed by atoms with Gasteiger partial charge in [-0.2, -0.15) is 0 Å². The lowest BCUT2D eigenvalue weighted by atomic mass is 10.0. The molecule has 3 nitrogen and oxygen atoms in total. The van der Waals surface area contributed by atoms with Crippen LogP contribution in [-0.2, 0) is 6.42 Å². The lowest BCUT2D eigenvalue weighted by molar-refractivity contribution is 0.475. The summed E-state index contributed by atoms with van der Waals surface area (Å²) >= 11 is 0. The maximum absolute atomic E-state index is 9.72. The topological polar surface area (TPSA) is 53.6 Å². The summed E-state index contributed by atoms with van der Waals surface area (Å²) in [5, 5.41) is 20.1. The van der Waals surface area contributed by atoms with E-state index in [1.165, 1.54) is 0 Å². The highest BCUT2D eigenvalue weighted by molar-refractivity contribution is 5.89. The monoisotopic (exact) mass is 282 g/mol. The molecule has 2 N–H and O–H groups in total. The van der Waals surface area contributed by atoms with E-state index in [2.05, 4.69) is 6.92 Å². The van der Waals surface area contributed by atoms with E-state index in [1.54, 1.807) is 30.3 Å². The number of hydrogen-bond donors (Lipinski definition) is 2. The summed E-state index contributed by atoms with van der Waals surface area (Å²) in [5.41, 5.74) is 2.84. The Morgan fingerprint density at radius 1 is 0.952 bits per heavy atom. The van der Waals surface area contributed by atoms with E-state index < -0.39 is 0 Å². The standard InChI is InChI=1S/C18H18O3/c1-2-3-4-15-16-11-14(20)9-10-17(16)21-18(15)12-5-7-13(19)8-6-12/h5-11,19-20H,2-4H2,1H3.